The zero-order valence-electron chi connectivity index (χ0n) is 12.9. The molecule has 1 fully saturated rings. The Morgan fingerprint density at radius 1 is 1.43 bits per heavy atom. The van der Waals surface area contributed by atoms with E-state index in [0.29, 0.717) is 12.6 Å². The lowest BCUT2D eigenvalue weighted by atomic mass is 10.1. The van der Waals surface area contributed by atoms with Gasteiger partial charge in [-0.1, -0.05) is 31.5 Å². The van der Waals surface area contributed by atoms with Gasteiger partial charge in [0.1, 0.15) is 5.82 Å². The highest BCUT2D eigenvalue weighted by atomic mass is 35.5. The Morgan fingerprint density at radius 3 is 2.71 bits per heavy atom. The smallest absolute Gasteiger partial charge is 0.142 e. The molecule has 1 saturated heterocycles. The average Bonchev–Trinajstić information content (AvgIpc) is 2.94. The zero-order chi connectivity index (χ0) is 15.4. The molecule has 2 N–H and O–H groups in total. The number of hydrogen-bond donors (Lipinski definition) is 1. The number of rotatable bonds is 6. The van der Waals surface area contributed by atoms with Crippen molar-refractivity contribution in [2.45, 2.75) is 32.4 Å². The quantitative estimate of drug-likeness (QED) is 0.876. The highest BCUT2D eigenvalue weighted by molar-refractivity contribution is 6.30. The van der Waals surface area contributed by atoms with Crippen molar-refractivity contribution in [3.8, 4) is 0 Å². The molecule has 1 heterocycles. The van der Waals surface area contributed by atoms with Crippen LogP contribution in [0.15, 0.2) is 18.2 Å². The summed E-state index contributed by atoms with van der Waals surface area (Å²) < 4.78 is 13.7. The summed E-state index contributed by atoms with van der Waals surface area (Å²) in [5.74, 6) is -0.368. The van der Waals surface area contributed by atoms with Gasteiger partial charge in [-0.3, -0.25) is 9.80 Å². The van der Waals surface area contributed by atoms with Gasteiger partial charge < -0.3 is 5.73 Å². The maximum absolute atomic E-state index is 13.7. The lowest BCUT2D eigenvalue weighted by Gasteiger charge is -2.30. The molecule has 0 spiro atoms. The number of likely N-dealkylation sites (N-methyl/N-ethyl adjacent to an activating group) is 1. The van der Waals surface area contributed by atoms with Crippen LogP contribution < -0.4 is 5.73 Å². The van der Waals surface area contributed by atoms with Crippen LogP contribution in [-0.2, 0) is 0 Å². The van der Waals surface area contributed by atoms with Gasteiger partial charge in [-0.05, 0) is 37.2 Å². The van der Waals surface area contributed by atoms with Gasteiger partial charge in [-0.25, -0.2) is 4.39 Å². The highest BCUT2D eigenvalue weighted by Crippen LogP contribution is 2.28. The molecule has 1 aliphatic rings. The first-order valence-corrected chi connectivity index (χ1v) is 8.11. The lowest BCUT2D eigenvalue weighted by Crippen LogP contribution is -2.39. The first-order chi connectivity index (χ1) is 10.1. The van der Waals surface area contributed by atoms with Crippen LogP contribution in [0.4, 0.5) is 4.39 Å². The Bertz CT molecular complexity index is 465. The third-order valence-electron chi connectivity index (χ3n) is 4.52. The molecule has 1 aromatic rings. The summed E-state index contributed by atoms with van der Waals surface area (Å²) in [4.78, 5) is 4.85. The van der Waals surface area contributed by atoms with Gasteiger partial charge in [0, 0.05) is 31.7 Å². The molecule has 3 nitrogen and oxygen atoms in total. The zero-order valence-corrected chi connectivity index (χ0v) is 13.6. The molecule has 2 unspecified atom stereocenters. The van der Waals surface area contributed by atoms with Gasteiger partial charge in [-0.15, -0.1) is 0 Å². The monoisotopic (exact) mass is 313 g/mol. The summed E-state index contributed by atoms with van der Waals surface area (Å²) in [6.45, 7) is 9.02. The van der Waals surface area contributed by atoms with E-state index >= 15 is 0 Å². The van der Waals surface area contributed by atoms with Gasteiger partial charge in [0.2, 0.25) is 0 Å². The van der Waals surface area contributed by atoms with Gasteiger partial charge >= 0.3 is 0 Å². The maximum Gasteiger partial charge on any atom is 0.142 e. The second-order valence-electron chi connectivity index (χ2n) is 5.58. The Morgan fingerprint density at radius 2 is 2.14 bits per heavy atom. The number of benzene rings is 1. The van der Waals surface area contributed by atoms with Crippen LogP contribution in [0.1, 0.15) is 31.9 Å². The predicted molar refractivity (Wildman–Crippen MR) is 86.1 cm³/mol. The molecule has 2 atom stereocenters. The Labute approximate surface area is 131 Å². The van der Waals surface area contributed by atoms with Crippen molar-refractivity contribution >= 4 is 11.6 Å². The minimum atomic E-state index is -0.368. The summed E-state index contributed by atoms with van der Waals surface area (Å²) in [5.41, 5.74) is 6.86. The van der Waals surface area contributed by atoms with Crippen LogP contribution in [0.2, 0.25) is 5.02 Å². The molecule has 1 aliphatic heterocycles. The highest BCUT2D eigenvalue weighted by Gasteiger charge is 2.31. The molecule has 0 saturated carbocycles. The van der Waals surface area contributed by atoms with E-state index in [1.54, 1.807) is 6.07 Å². The third-order valence-corrected chi connectivity index (χ3v) is 4.82. The van der Waals surface area contributed by atoms with Crippen molar-refractivity contribution in [2.24, 2.45) is 5.73 Å². The number of hydrogen-bond acceptors (Lipinski definition) is 3. The third kappa shape index (κ3) is 3.75. The summed E-state index contributed by atoms with van der Waals surface area (Å²) in [6.07, 6.45) is 1.15. The van der Waals surface area contributed by atoms with Crippen LogP contribution in [-0.4, -0.2) is 48.6 Å². The van der Waals surface area contributed by atoms with Crippen molar-refractivity contribution in [3.63, 3.8) is 0 Å². The van der Waals surface area contributed by atoms with Crippen molar-refractivity contribution in [1.82, 2.24) is 9.80 Å². The van der Waals surface area contributed by atoms with Crippen molar-refractivity contribution in [1.29, 1.82) is 0 Å². The largest absolute Gasteiger partial charge is 0.329 e. The molecule has 118 valence electrons. The second-order valence-corrected chi connectivity index (χ2v) is 5.99. The van der Waals surface area contributed by atoms with Crippen LogP contribution in [0.25, 0.3) is 0 Å². The average molecular weight is 314 g/mol. The molecule has 1 aromatic carbocycles. The number of nitrogens with zero attached hydrogens (tertiary/aromatic N) is 2. The van der Waals surface area contributed by atoms with E-state index in [4.69, 9.17) is 17.3 Å². The minimum absolute atomic E-state index is 0.0670. The van der Waals surface area contributed by atoms with Crippen molar-refractivity contribution < 1.29 is 4.39 Å². The fourth-order valence-electron chi connectivity index (χ4n) is 3.30. The number of likely N-dealkylation sites (tertiary alicyclic amines) is 1. The summed E-state index contributed by atoms with van der Waals surface area (Å²) in [6, 6.07) is 5.66. The molecular formula is C16H25ClFN3. The Hall–Kier alpha value is -0.680. The van der Waals surface area contributed by atoms with Gasteiger partial charge in [0.15, 0.2) is 0 Å². The van der Waals surface area contributed by atoms with E-state index in [1.165, 1.54) is 6.07 Å². The van der Waals surface area contributed by atoms with Crippen LogP contribution in [0.3, 0.4) is 0 Å². The fourth-order valence-corrected chi connectivity index (χ4v) is 3.42. The van der Waals surface area contributed by atoms with E-state index in [9.17, 15) is 4.39 Å². The van der Waals surface area contributed by atoms with E-state index in [0.717, 1.165) is 38.2 Å². The normalized spacial score (nSPS) is 21.1. The van der Waals surface area contributed by atoms with Crippen molar-refractivity contribution in [3.05, 3.63) is 34.6 Å². The van der Waals surface area contributed by atoms with Crippen LogP contribution >= 0.6 is 11.6 Å². The van der Waals surface area contributed by atoms with Crippen LogP contribution in [0.5, 0.6) is 0 Å². The van der Waals surface area contributed by atoms with Gasteiger partial charge in [-0.2, -0.15) is 0 Å². The van der Waals surface area contributed by atoms with E-state index < -0.39 is 0 Å². The lowest BCUT2D eigenvalue weighted by molar-refractivity contribution is 0.189. The molecule has 21 heavy (non-hydrogen) atoms. The van der Waals surface area contributed by atoms with Gasteiger partial charge in [0.25, 0.3) is 0 Å². The number of halogens is 2. The molecule has 0 bridgehead atoms. The summed E-state index contributed by atoms with van der Waals surface area (Å²) in [5, 5.41) is 0.164. The first-order valence-electron chi connectivity index (χ1n) is 7.73. The topological polar surface area (TPSA) is 32.5 Å². The summed E-state index contributed by atoms with van der Waals surface area (Å²) >= 11 is 5.76. The maximum atomic E-state index is 13.7. The second kappa shape index (κ2) is 7.54. The number of nitrogens with two attached hydrogens (primary N) is 1. The standard InChI is InChI=1S/C16H25ClFN3/c1-3-20(4-2)13-7-8-21(11-13)16(10-19)12-5-6-14(17)15(18)9-12/h5-6,9,13,16H,3-4,7-8,10-11,19H2,1-2H3. The summed E-state index contributed by atoms with van der Waals surface area (Å²) in [7, 11) is 0. The minimum Gasteiger partial charge on any atom is -0.329 e. The van der Waals surface area contributed by atoms with Gasteiger partial charge in [0.05, 0.1) is 5.02 Å². The fraction of sp³-hybridized carbons (Fsp3) is 0.625. The molecule has 0 radical (unpaired) electrons. The van der Waals surface area contributed by atoms with Crippen LogP contribution in [0, 0.1) is 5.82 Å². The first kappa shape index (κ1) is 16.7. The van der Waals surface area contributed by atoms with E-state index in [1.807, 2.05) is 6.07 Å². The van der Waals surface area contributed by atoms with E-state index in [-0.39, 0.29) is 16.9 Å². The molecule has 2 rings (SSSR count). The van der Waals surface area contributed by atoms with E-state index in [2.05, 4.69) is 23.6 Å². The Kier molecular flexibility index (Phi) is 5.99. The molecule has 0 aromatic heterocycles. The Balaban J connectivity index is 2.10. The van der Waals surface area contributed by atoms with Crippen molar-refractivity contribution in [2.75, 3.05) is 32.7 Å². The SMILES string of the molecule is CCN(CC)C1CCN(C(CN)c2ccc(Cl)c(F)c2)C1. The molecule has 5 heteroatoms. The predicted octanol–water partition coefficient (Wildman–Crippen LogP) is 2.90. The molecular weight excluding hydrogens is 289 g/mol. The molecule has 0 aliphatic carbocycles. The molecule has 0 amide bonds.